The average Bonchev–Trinajstić information content (AvgIpc) is 2.23. The summed E-state index contributed by atoms with van der Waals surface area (Å²) >= 11 is 0. The molecule has 0 bridgehead atoms. The molecule has 0 aliphatic rings. The zero-order valence-electron chi connectivity index (χ0n) is 11.1. The van der Waals surface area contributed by atoms with Crippen LogP contribution in [-0.4, -0.2) is 32.0 Å². The van der Waals surface area contributed by atoms with Gasteiger partial charge in [0.05, 0.1) is 19.8 Å². The number of aliphatic hydroxyl groups excluding tert-OH is 1. The molecule has 0 aliphatic carbocycles. The maximum Gasteiger partial charge on any atom is 0.103 e. The van der Waals surface area contributed by atoms with E-state index in [1.807, 2.05) is 13.8 Å². The first-order valence-electron chi connectivity index (χ1n) is 5.88. The van der Waals surface area contributed by atoms with Crippen LogP contribution in [0.1, 0.15) is 28.4 Å². The van der Waals surface area contributed by atoms with Gasteiger partial charge >= 0.3 is 0 Å². The van der Waals surface area contributed by atoms with E-state index in [1.54, 1.807) is 7.11 Å². The zero-order chi connectivity index (χ0) is 12.8. The van der Waals surface area contributed by atoms with Crippen molar-refractivity contribution in [3.63, 3.8) is 0 Å². The topological polar surface area (TPSA) is 38.7 Å². The molecule has 0 saturated heterocycles. The molecule has 0 heterocycles. The summed E-state index contributed by atoms with van der Waals surface area (Å²) in [4.78, 5) is 0. The predicted molar refractivity (Wildman–Crippen MR) is 68.3 cm³/mol. The van der Waals surface area contributed by atoms with Gasteiger partial charge < -0.3 is 14.6 Å². The quantitative estimate of drug-likeness (QED) is 0.773. The number of aliphatic hydroxyl groups is 1. The molecule has 0 fully saturated rings. The number of aryl methyl sites for hydroxylation is 3. The molecule has 0 saturated carbocycles. The second-order valence-corrected chi connectivity index (χ2v) is 4.40. The first-order valence-corrected chi connectivity index (χ1v) is 5.88. The number of methoxy groups -OCH3 is 1. The van der Waals surface area contributed by atoms with Crippen molar-refractivity contribution in [2.24, 2.45) is 0 Å². The Balaban J connectivity index is 2.65. The Morgan fingerprint density at radius 3 is 2.24 bits per heavy atom. The summed E-state index contributed by atoms with van der Waals surface area (Å²) in [6.45, 7) is 7.48. The molecule has 1 rings (SSSR count). The molecule has 1 aromatic rings. The fraction of sp³-hybridized carbons (Fsp3) is 0.571. The molecule has 0 amide bonds. The lowest BCUT2D eigenvalue weighted by molar-refractivity contribution is 0.0122. The first kappa shape index (κ1) is 14.2. The predicted octanol–water partition coefficient (Wildman–Crippen LogP) is 2.31. The molecular weight excluding hydrogens is 216 g/mol. The third kappa shape index (κ3) is 4.11. The summed E-state index contributed by atoms with van der Waals surface area (Å²) in [7, 11) is 1.63. The third-order valence-corrected chi connectivity index (χ3v) is 2.78. The summed E-state index contributed by atoms with van der Waals surface area (Å²) in [5, 5.41) is 10.1. The highest BCUT2D eigenvalue weighted by molar-refractivity contribution is 5.38. The molecule has 0 aromatic heterocycles. The summed E-state index contributed by atoms with van der Waals surface area (Å²) < 4.78 is 10.2. The largest absolute Gasteiger partial charge is 0.386 e. The van der Waals surface area contributed by atoms with Crippen molar-refractivity contribution in [1.29, 1.82) is 0 Å². The Hall–Kier alpha value is -0.900. The van der Waals surface area contributed by atoms with Crippen LogP contribution in [0.25, 0.3) is 0 Å². The molecule has 1 aromatic carbocycles. The van der Waals surface area contributed by atoms with Crippen molar-refractivity contribution in [2.75, 3.05) is 26.9 Å². The van der Waals surface area contributed by atoms with Gasteiger partial charge in [-0.2, -0.15) is 0 Å². The van der Waals surface area contributed by atoms with Crippen LogP contribution in [0.15, 0.2) is 12.1 Å². The second-order valence-electron chi connectivity index (χ2n) is 4.40. The standard InChI is InChI=1S/C14H22O3/c1-10-7-11(2)14(12(3)8-10)13(15)9-17-6-5-16-4/h7-8,13,15H,5-6,9H2,1-4H3. The maximum absolute atomic E-state index is 10.1. The number of hydrogen-bond donors (Lipinski definition) is 1. The van der Waals surface area contributed by atoms with Crippen LogP contribution in [0.2, 0.25) is 0 Å². The maximum atomic E-state index is 10.1. The fourth-order valence-corrected chi connectivity index (χ4v) is 2.14. The van der Waals surface area contributed by atoms with E-state index in [4.69, 9.17) is 9.47 Å². The van der Waals surface area contributed by atoms with Gasteiger partial charge in [0.15, 0.2) is 0 Å². The summed E-state index contributed by atoms with van der Waals surface area (Å²) in [6, 6.07) is 4.17. The van der Waals surface area contributed by atoms with Gasteiger partial charge in [0.25, 0.3) is 0 Å². The fourth-order valence-electron chi connectivity index (χ4n) is 2.14. The molecule has 17 heavy (non-hydrogen) atoms. The van der Waals surface area contributed by atoms with Crippen molar-refractivity contribution in [2.45, 2.75) is 26.9 Å². The summed E-state index contributed by atoms with van der Waals surface area (Å²) in [5.74, 6) is 0. The van der Waals surface area contributed by atoms with E-state index < -0.39 is 6.10 Å². The monoisotopic (exact) mass is 238 g/mol. The van der Waals surface area contributed by atoms with E-state index >= 15 is 0 Å². The molecule has 0 spiro atoms. The van der Waals surface area contributed by atoms with E-state index in [9.17, 15) is 5.11 Å². The van der Waals surface area contributed by atoms with Gasteiger partial charge in [-0.1, -0.05) is 17.7 Å². The highest BCUT2D eigenvalue weighted by atomic mass is 16.5. The Morgan fingerprint density at radius 1 is 1.12 bits per heavy atom. The van der Waals surface area contributed by atoms with Crippen LogP contribution in [-0.2, 0) is 9.47 Å². The van der Waals surface area contributed by atoms with Gasteiger partial charge in [-0.15, -0.1) is 0 Å². The normalized spacial score (nSPS) is 12.8. The Morgan fingerprint density at radius 2 is 1.71 bits per heavy atom. The van der Waals surface area contributed by atoms with Gasteiger partial charge in [-0.05, 0) is 37.5 Å². The SMILES string of the molecule is COCCOCC(O)c1c(C)cc(C)cc1C. The Bertz CT molecular complexity index is 337. The third-order valence-electron chi connectivity index (χ3n) is 2.78. The van der Waals surface area contributed by atoms with Crippen molar-refractivity contribution < 1.29 is 14.6 Å². The van der Waals surface area contributed by atoms with E-state index in [-0.39, 0.29) is 0 Å². The van der Waals surface area contributed by atoms with E-state index in [1.165, 1.54) is 5.56 Å². The van der Waals surface area contributed by atoms with E-state index in [2.05, 4.69) is 19.1 Å². The minimum absolute atomic E-state index is 0.314. The molecule has 1 N–H and O–H groups in total. The van der Waals surface area contributed by atoms with Crippen molar-refractivity contribution >= 4 is 0 Å². The van der Waals surface area contributed by atoms with Gasteiger partial charge in [0.2, 0.25) is 0 Å². The first-order chi connectivity index (χ1) is 8.06. The smallest absolute Gasteiger partial charge is 0.103 e. The highest BCUT2D eigenvalue weighted by Crippen LogP contribution is 2.23. The van der Waals surface area contributed by atoms with E-state index in [0.29, 0.717) is 19.8 Å². The second kappa shape index (κ2) is 6.74. The average molecular weight is 238 g/mol. The van der Waals surface area contributed by atoms with Crippen LogP contribution < -0.4 is 0 Å². The lowest BCUT2D eigenvalue weighted by Crippen LogP contribution is -2.13. The molecule has 1 unspecified atom stereocenters. The number of ether oxygens (including phenoxy) is 2. The van der Waals surface area contributed by atoms with Crippen molar-refractivity contribution in [3.05, 3.63) is 34.4 Å². The number of hydrogen-bond acceptors (Lipinski definition) is 3. The van der Waals surface area contributed by atoms with Crippen LogP contribution in [0.4, 0.5) is 0 Å². The van der Waals surface area contributed by atoms with Crippen LogP contribution in [0.3, 0.4) is 0 Å². The minimum atomic E-state index is -0.563. The Labute approximate surface area is 103 Å². The number of rotatable bonds is 6. The summed E-state index contributed by atoms with van der Waals surface area (Å²) in [6.07, 6.45) is -0.563. The van der Waals surface area contributed by atoms with Crippen LogP contribution >= 0.6 is 0 Å². The van der Waals surface area contributed by atoms with Crippen molar-refractivity contribution in [3.8, 4) is 0 Å². The summed E-state index contributed by atoms with van der Waals surface area (Å²) in [5.41, 5.74) is 4.43. The molecule has 3 heteroatoms. The minimum Gasteiger partial charge on any atom is -0.386 e. The zero-order valence-corrected chi connectivity index (χ0v) is 11.1. The molecule has 96 valence electrons. The van der Waals surface area contributed by atoms with Gasteiger partial charge in [-0.3, -0.25) is 0 Å². The molecule has 3 nitrogen and oxygen atoms in total. The van der Waals surface area contributed by atoms with Gasteiger partial charge in [0, 0.05) is 7.11 Å². The van der Waals surface area contributed by atoms with Gasteiger partial charge in [0.1, 0.15) is 6.10 Å². The molecular formula is C14H22O3. The highest BCUT2D eigenvalue weighted by Gasteiger charge is 2.13. The molecule has 0 aliphatic heterocycles. The van der Waals surface area contributed by atoms with Crippen molar-refractivity contribution in [1.82, 2.24) is 0 Å². The lowest BCUT2D eigenvalue weighted by atomic mass is 9.96. The van der Waals surface area contributed by atoms with E-state index in [0.717, 1.165) is 16.7 Å². The Kier molecular flexibility index (Phi) is 5.62. The lowest BCUT2D eigenvalue weighted by Gasteiger charge is -2.17. The van der Waals surface area contributed by atoms with Crippen LogP contribution in [0.5, 0.6) is 0 Å². The molecule has 0 radical (unpaired) electrons. The van der Waals surface area contributed by atoms with Gasteiger partial charge in [-0.25, -0.2) is 0 Å². The van der Waals surface area contributed by atoms with Crippen LogP contribution in [0, 0.1) is 20.8 Å². The molecule has 1 atom stereocenters. The number of benzene rings is 1.